The highest BCUT2D eigenvalue weighted by atomic mass is 32.2. The van der Waals surface area contributed by atoms with E-state index in [1.807, 2.05) is 6.07 Å². The molecule has 1 aliphatic carbocycles. The van der Waals surface area contributed by atoms with E-state index in [0.29, 0.717) is 36.5 Å². The molecule has 0 amide bonds. The van der Waals surface area contributed by atoms with Crippen molar-refractivity contribution < 1.29 is 8.42 Å². The zero-order valence-electron chi connectivity index (χ0n) is 13.2. The zero-order valence-corrected chi connectivity index (χ0v) is 14.1. The second-order valence-corrected chi connectivity index (χ2v) is 8.17. The van der Waals surface area contributed by atoms with Crippen LogP contribution >= 0.6 is 0 Å². The molecule has 1 aromatic carbocycles. The number of hydrogen-bond donors (Lipinski definition) is 2. The maximum atomic E-state index is 12.7. The number of piperidine rings is 1. The normalized spacial score (nSPS) is 20.4. The molecule has 1 saturated heterocycles. The summed E-state index contributed by atoms with van der Waals surface area (Å²) in [6.07, 6.45) is 5.26. The molecule has 7 heteroatoms. The molecule has 1 heterocycles. The molecule has 1 aromatic rings. The number of guanidine groups is 1. The second kappa shape index (κ2) is 6.88. The fourth-order valence-electron chi connectivity index (χ4n) is 2.72. The summed E-state index contributed by atoms with van der Waals surface area (Å²) < 4.78 is 27.0. The minimum Gasteiger partial charge on any atom is -0.370 e. The summed E-state index contributed by atoms with van der Waals surface area (Å²) in [6.45, 7) is 1.61. The van der Waals surface area contributed by atoms with E-state index in [2.05, 4.69) is 10.3 Å². The van der Waals surface area contributed by atoms with Crippen molar-refractivity contribution in [2.24, 2.45) is 10.7 Å². The van der Waals surface area contributed by atoms with Crippen LogP contribution in [-0.4, -0.2) is 37.8 Å². The number of benzene rings is 1. The Kier molecular flexibility index (Phi) is 4.87. The Balaban J connectivity index is 1.70. The highest BCUT2D eigenvalue weighted by Crippen LogP contribution is 2.21. The molecule has 126 valence electrons. The molecule has 0 aromatic heterocycles. The van der Waals surface area contributed by atoms with Crippen LogP contribution in [0.25, 0.3) is 0 Å². The topological polar surface area (TPSA) is 87.8 Å². The van der Waals surface area contributed by atoms with Crippen LogP contribution < -0.4 is 11.1 Å². The number of hydrogen-bond acceptors (Lipinski definition) is 3. The quantitative estimate of drug-likeness (QED) is 0.629. The van der Waals surface area contributed by atoms with Gasteiger partial charge in [-0.15, -0.1) is 0 Å². The lowest BCUT2D eigenvalue weighted by Gasteiger charge is -2.26. The molecule has 0 spiro atoms. The van der Waals surface area contributed by atoms with E-state index >= 15 is 0 Å². The highest BCUT2D eigenvalue weighted by Gasteiger charge is 2.26. The molecular formula is C16H24N4O2S. The SMILES string of the molecule is NC(=NCc1cccc(S(=O)(=O)N2CCCCC2)c1)NC1CC1. The van der Waals surface area contributed by atoms with Crippen molar-refractivity contribution in [3.63, 3.8) is 0 Å². The zero-order chi connectivity index (χ0) is 16.3. The summed E-state index contributed by atoms with van der Waals surface area (Å²) in [5, 5.41) is 3.12. The minimum atomic E-state index is -3.39. The number of rotatable bonds is 5. The largest absolute Gasteiger partial charge is 0.370 e. The van der Waals surface area contributed by atoms with Gasteiger partial charge in [0.1, 0.15) is 0 Å². The van der Waals surface area contributed by atoms with Crippen molar-refractivity contribution in [3.05, 3.63) is 29.8 Å². The van der Waals surface area contributed by atoms with Gasteiger partial charge in [0.25, 0.3) is 0 Å². The molecule has 3 N–H and O–H groups in total. The molecule has 3 rings (SSSR count). The fourth-order valence-corrected chi connectivity index (χ4v) is 4.31. The molecule has 2 aliphatic rings. The second-order valence-electron chi connectivity index (χ2n) is 6.23. The van der Waals surface area contributed by atoms with Crippen LogP contribution in [0.15, 0.2) is 34.2 Å². The first-order valence-electron chi connectivity index (χ1n) is 8.21. The van der Waals surface area contributed by atoms with Gasteiger partial charge in [-0.25, -0.2) is 13.4 Å². The molecular weight excluding hydrogens is 312 g/mol. The van der Waals surface area contributed by atoms with E-state index in [4.69, 9.17) is 5.73 Å². The molecule has 1 saturated carbocycles. The lowest BCUT2D eigenvalue weighted by atomic mass is 10.2. The molecule has 0 bridgehead atoms. The van der Waals surface area contributed by atoms with Crippen molar-refractivity contribution in [3.8, 4) is 0 Å². The Bertz CT molecular complexity index is 677. The van der Waals surface area contributed by atoms with Gasteiger partial charge in [-0.1, -0.05) is 18.6 Å². The van der Waals surface area contributed by atoms with Crippen molar-refractivity contribution in [1.82, 2.24) is 9.62 Å². The van der Waals surface area contributed by atoms with Crippen LogP contribution in [0.2, 0.25) is 0 Å². The van der Waals surface area contributed by atoms with Gasteiger partial charge in [0.15, 0.2) is 5.96 Å². The van der Waals surface area contributed by atoms with Gasteiger partial charge < -0.3 is 11.1 Å². The van der Waals surface area contributed by atoms with Crippen LogP contribution in [0.1, 0.15) is 37.7 Å². The predicted octanol–water partition coefficient (Wildman–Crippen LogP) is 1.43. The van der Waals surface area contributed by atoms with Gasteiger partial charge in [-0.3, -0.25) is 0 Å². The molecule has 0 unspecified atom stereocenters. The van der Waals surface area contributed by atoms with E-state index in [1.165, 1.54) is 0 Å². The minimum absolute atomic E-state index is 0.348. The smallest absolute Gasteiger partial charge is 0.243 e. The first kappa shape index (κ1) is 16.3. The van der Waals surface area contributed by atoms with E-state index in [1.54, 1.807) is 22.5 Å². The fraction of sp³-hybridized carbons (Fsp3) is 0.562. The third kappa shape index (κ3) is 4.23. The van der Waals surface area contributed by atoms with Gasteiger partial charge in [0.2, 0.25) is 10.0 Å². The summed E-state index contributed by atoms with van der Waals surface area (Å²) in [5.41, 5.74) is 6.67. The molecule has 23 heavy (non-hydrogen) atoms. The number of nitrogens with zero attached hydrogens (tertiary/aromatic N) is 2. The Hall–Kier alpha value is -1.60. The standard InChI is InChI=1S/C16H24N4O2S/c17-16(19-14-7-8-14)18-12-13-5-4-6-15(11-13)23(21,22)20-9-2-1-3-10-20/h4-6,11,14H,1-3,7-10,12H2,(H3,17,18,19). The Labute approximate surface area is 137 Å². The molecule has 0 atom stereocenters. The predicted molar refractivity (Wildman–Crippen MR) is 90.5 cm³/mol. The Morgan fingerprint density at radius 3 is 2.70 bits per heavy atom. The first-order valence-corrected chi connectivity index (χ1v) is 9.65. The van der Waals surface area contributed by atoms with Gasteiger partial charge in [-0.05, 0) is 43.4 Å². The lowest BCUT2D eigenvalue weighted by Crippen LogP contribution is -2.35. The van der Waals surface area contributed by atoms with Crippen LogP contribution in [0.5, 0.6) is 0 Å². The monoisotopic (exact) mass is 336 g/mol. The van der Waals surface area contributed by atoms with Crippen molar-refractivity contribution in [1.29, 1.82) is 0 Å². The Morgan fingerprint density at radius 2 is 2.00 bits per heavy atom. The van der Waals surface area contributed by atoms with Crippen molar-refractivity contribution >= 4 is 16.0 Å². The van der Waals surface area contributed by atoms with Crippen LogP contribution in [0.4, 0.5) is 0 Å². The summed E-state index contributed by atoms with van der Waals surface area (Å²) in [7, 11) is -3.39. The molecule has 2 fully saturated rings. The maximum Gasteiger partial charge on any atom is 0.243 e. The van der Waals surface area contributed by atoms with Crippen molar-refractivity contribution in [2.45, 2.75) is 49.6 Å². The average Bonchev–Trinajstić information content (AvgIpc) is 3.38. The highest BCUT2D eigenvalue weighted by molar-refractivity contribution is 7.89. The first-order chi connectivity index (χ1) is 11.1. The van der Waals surface area contributed by atoms with Crippen LogP contribution in [-0.2, 0) is 16.6 Å². The average molecular weight is 336 g/mol. The van der Waals surface area contributed by atoms with Crippen LogP contribution in [0, 0.1) is 0 Å². The summed E-state index contributed by atoms with van der Waals surface area (Å²) in [6, 6.07) is 7.47. The van der Waals surface area contributed by atoms with Crippen LogP contribution in [0.3, 0.4) is 0 Å². The van der Waals surface area contributed by atoms with E-state index in [0.717, 1.165) is 37.7 Å². The van der Waals surface area contributed by atoms with Gasteiger partial charge in [0, 0.05) is 19.1 Å². The summed E-state index contributed by atoms with van der Waals surface area (Å²) in [5.74, 6) is 0.428. The Morgan fingerprint density at radius 1 is 1.26 bits per heavy atom. The number of nitrogens with one attached hydrogen (secondary N) is 1. The van der Waals surface area contributed by atoms with Crippen molar-refractivity contribution in [2.75, 3.05) is 13.1 Å². The molecule has 6 nitrogen and oxygen atoms in total. The van der Waals surface area contributed by atoms with E-state index < -0.39 is 10.0 Å². The number of nitrogens with two attached hydrogens (primary N) is 1. The third-order valence-electron chi connectivity index (χ3n) is 4.21. The molecule has 0 radical (unpaired) electrons. The summed E-state index contributed by atoms with van der Waals surface area (Å²) in [4.78, 5) is 4.63. The maximum absolute atomic E-state index is 12.7. The number of aliphatic imine (C=N–C) groups is 1. The third-order valence-corrected chi connectivity index (χ3v) is 6.11. The van der Waals surface area contributed by atoms with Gasteiger partial charge >= 0.3 is 0 Å². The van der Waals surface area contributed by atoms with Gasteiger partial charge in [-0.2, -0.15) is 4.31 Å². The number of sulfonamides is 1. The lowest BCUT2D eigenvalue weighted by molar-refractivity contribution is 0.346. The summed E-state index contributed by atoms with van der Waals surface area (Å²) >= 11 is 0. The molecule has 1 aliphatic heterocycles. The van der Waals surface area contributed by atoms with E-state index in [-0.39, 0.29) is 0 Å². The van der Waals surface area contributed by atoms with E-state index in [9.17, 15) is 8.42 Å². The van der Waals surface area contributed by atoms with Gasteiger partial charge in [0.05, 0.1) is 11.4 Å².